The summed E-state index contributed by atoms with van der Waals surface area (Å²) in [5, 5.41) is 9.28. The van der Waals surface area contributed by atoms with Gasteiger partial charge in [0.2, 0.25) is 0 Å². The van der Waals surface area contributed by atoms with Crippen LogP contribution < -0.4 is 0 Å². The van der Waals surface area contributed by atoms with E-state index in [1.165, 1.54) is 0 Å². The number of ether oxygens (including phenoxy) is 2. The zero-order valence-electron chi connectivity index (χ0n) is 5.79. The van der Waals surface area contributed by atoms with E-state index in [9.17, 15) is 5.11 Å². The summed E-state index contributed by atoms with van der Waals surface area (Å²) in [5.41, 5.74) is 0. The van der Waals surface area contributed by atoms with Gasteiger partial charge >= 0.3 is 0 Å². The van der Waals surface area contributed by atoms with Crippen LogP contribution in [0.25, 0.3) is 0 Å². The summed E-state index contributed by atoms with van der Waals surface area (Å²) in [6, 6.07) is 0. The Hall–Kier alpha value is 0.610. The fraction of sp³-hybridized carbons (Fsp3) is 1.00. The number of halogens is 1. The molecule has 1 rings (SSSR count). The first-order valence-corrected chi connectivity index (χ1v) is 4.72. The molecule has 1 aliphatic rings. The van der Waals surface area contributed by atoms with Crippen LogP contribution in [-0.4, -0.2) is 35.1 Å². The minimum atomic E-state index is -0.346. The molecule has 0 aromatic heterocycles. The number of aliphatic hydroxyl groups excluding tert-OH is 1. The molecule has 0 unspecified atom stereocenters. The summed E-state index contributed by atoms with van der Waals surface area (Å²) in [6.45, 7) is 0. The molecule has 3 nitrogen and oxygen atoms in total. The van der Waals surface area contributed by atoms with Crippen LogP contribution in [0.5, 0.6) is 0 Å². The summed E-state index contributed by atoms with van der Waals surface area (Å²) < 4.78 is 11.0. The lowest BCUT2D eigenvalue weighted by molar-refractivity contribution is -0.110. The van der Waals surface area contributed by atoms with Crippen molar-refractivity contribution in [2.75, 3.05) is 11.5 Å². The summed E-state index contributed by atoms with van der Waals surface area (Å²) >= 11 is 2.19. The van der Waals surface area contributed by atoms with E-state index in [4.69, 9.17) is 9.47 Å². The highest BCUT2D eigenvalue weighted by Gasteiger charge is 2.32. The monoisotopic (exact) mass is 258 g/mol. The van der Waals surface area contributed by atoms with Gasteiger partial charge in [0.1, 0.15) is 0 Å². The minimum Gasteiger partial charge on any atom is -0.390 e. The summed E-state index contributed by atoms with van der Waals surface area (Å²) in [4.78, 5) is 0. The van der Waals surface area contributed by atoms with Crippen molar-refractivity contribution in [3.8, 4) is 0 Å². The van der Waals surface area contributed by atoms with Gasteiger partial charge in [-0.3, -0.25) is 0 Å². The Labute approximate surface area is 73.8 Å². The van der Waals surface area contributed by atoms with Crippen LogP contribution in [0.3, 0.4) is 0 Å². The van der Waals surface area contributed by atoms with Crippen molar-refractivity contribution in [2.24, 2.45) is 0 Å². The molecule has 1 fully saturated rings. The molecule has 0 aliphatic carbocycles. The third kappa shape index (κ3) is 1.81. The van der Waals surface area contributed by atoms with Crippen molar-refractivity contribution >= 4 is 22.6 Å². The first-order valence-electron chi connectivity index (χ1n) is 3.20. The van der Waals surface area contributed by atoms with Gasteiger partial charge in [0.15, 0.2) is 6.29 Å². The van der Waals surface area contributed by atoms with Crippen molar-refractivity contribution in [3.05, 3.63) is 0 Å². The second-order valence-corrected chi connectivity index (χ2v) is 3.18. The SMILES string of the molecule is CO[C@@H]1C[C@H](O)[C@@H](CI)O1. The maximum Gasteiger partial charge on any atom is 0.160 e. The lowest BCUT2D eigenvalue weighted by Crippen LogP contribution is -2.21. The first-order chi connectivity index (χ1) is 4.77. The molecule has 3 atom stereocenters. The third-order valence-electron chi connectivity index (χ3n) is 1.60. The van der Waals surface area contributed by atoms with Crippen LogP contribution in [-0.2, 0) is 9.47 Å². The molecule has 0 spiro atoms. The molecular weight excluding hydrogens is 247 g/mol. The smallest absolute Gasteiger partial charge is 0.160 e. The van der Waals surface area contributed by atoms with Crippen molar-refractivity contribution in [2.45, 2.75) is 24.9 Å². The van der Waals surface area contributed by atoms with Gasteiger partial charge in [0, 0.05) is 18.0 Å². The molecule has 1 heterocycles. The summed E-state index contributed by atoms with van der Waals surface area (Å²) in [6.07, 6.45) is 0.0200. The van der Waals surface area contributed by atoms with Crippen LogP contribution in [0, 0.1) is 0 Å². The predicted molar refractivity (Wildman–Crippen MR) is 45.2 cm³/mol. The topological polar surface area (TPSA) is 38.7 Å². The number of aliphatic hydroxyl groups is 1. The van der Waals surface area contributed by atoms with E-state index in [1.54, 1.807) is 7.11 Å². The van der Waals surface area contributed by atoms with E-state index < -0.39 is 0 Å². The van der Waals surface area contributed by atoms with Gasteiger partial charge in [-0.2, -0.15) is 0 Å². The molecular formula is C6H11IO3. The average molecular weight is 258 g/mol. The molecule has 1 N–H and O–H groups in total. The van der Waals surface area contributed by atoms with E-state index in [0.717, 1.165) is 4.43 Å². The molecule has 0 aromatic carbocycles. The molecule has 4 heteroatoms. The van der Waals surface area contributed by atoms with Gasteiger partial charge in [0.05, 0.1) is 12.2 Å². The fourth-order valence-electron chi connectivity index (χ4n) is 0.981. The molecule has 0 radical (unpaired) electrons. The van der Waals surface area contributed by atoms with Gasteiger partial charge in [-0.25, -0.2) is 0 Å². The lowest BCUT2D eigenvalue weighted by atomic mass is 10.2. The molecule has 1 aliphatic heterocycles. The Morgan fingerprint density at radius 2 is 2.50 bits per heavy atom. The van der Waals surface area contributed by atoms with Crippen LogP contribution >= 0.6 is 22.6 Å². The molecule has 0 amide bonds. The average Bonchev–Trinajstić information content (AvgIpc) is 2.30. The Kier molecular flexibility index (Phi) is 3.35. The highest BCUT2D eigenvalue weighted by atomic mass is 127. The number of alkyl halides is 1. The van der Waals surface area contributed by atoms with E-state index >= 15 is 0 Å². The fourth-order valence-corrected chi connectivity index (χ4v) is 1.78. The number of hydrogen-bond donors (Lipinski definition) is 1. The van der Waals surface area contributed by atoms with E-state index in [-0.39, 0.29) is 18.5 Å². The van der Waals surface area contributed by atoms with E-state index in [1.807, 2.05) is 0 Å². The van der Waals surface area contributed by atoms with Crippen LogP contribution in [0.1, 0.15) is 6.42 Å². The first kappa shape index (κ1) is 8.70. The van der Waals surface area contributed by atoms with Crippen LogP contribution in [0.2, 0.25) is 0 Å². The predicted octanol–water partition coefficient (Wildman–Crippen LogP) is 0.544. The van der Waals surface area contributed by atoms with Crippen molar-refractivity contribution in [1.29, 1.82) is 0 Å². The zero-order chi connectivity index (χ0) is 7.56. The molecule has 0 saturated carbocycles. The highest BCUT2D eigenvalue weighted by Crippen LogP contribution is 2.21. The summed E-state index contributed by atoms with van der Waals surface area (Å²) in [5.74, 6) is 0. The Balaban J connectivity index is 2.36. The van der Waals surface area contributed by atoms with Crippen LogP contribution in [0.15, 0.2) is 0 Å². The minimum absolute atomic E-state index is 0.0365. The second-order valence-electron chi connectivity index (χ2n) is 2.30. The zero-order valence-corrected chi connectivity index (χ0v) is 7.95. The molecule has 60 valence electrons. The second kappa shape index (κ2) is 3.85. The van der Waals surface area contributed by atoms with Crippen LogP contribution in [0.4, 0.5) is 0 Å². The maximum atomic E-state index is 9.28. The molecule has 10 heavy (non-hydrogen) atoms. The largest absolute Gasteiger partial charge is 0.390 e. The Morgan fingerprint density at radius 1 is 1.80 bits per heavy atom. The molecule has 0 aromatic rings. The normalized spacial score (nSPS) is 40.5. The Morgan fingerprint density at radius 3 is 2.80 bits per heavy atom. The Bertz CT molecular complexity index is 109. The third-order valence-corrected chi connectivity index (χ3v) is 2.47. The van der Waals surface area contributed by atoms with Gasteiger partial charge < -0.3 is 14.6 Å². The number of methoxy groups -OCH3 is 1. The highest BCUT2D eigenvalue weighted by molar-refractivity contribution is 14.1. The van der Waals surface area contributed by atoms with Crippen molar-refractivity contribution in [3.63, 3.8) is 0 Å². The standard InChI is InChI=1S/C6H11IO3/c1-9-6-2-4(8)5(3-7)10-6/h4-6,8H,2-3H2,1H3/t4-,5+,6-/m0/s1. The van der Waals surface area contributed by atoms with Gasteiger partial charge in [-0.15, -0.1) is 0 Å². The molecule has 0 bridgehead atoms. The van der Waals surface area contributed by atoms with Gasteiger partial charge in [-0.1, -0.05) is 22.6 Å². The molecule has 1 saturated heterocycles. The maximum absolute atomic E-state index is 9.28. The van der Waals surface area contributed by atoms with E-state index in [0.29, 0.717) is 6.42 Å². The van der Waals surface area contributed by atoms with Gasteiger partial charge in [0.25, 0.3) is 0 Å². The summed E-state index contributed by atoms with van der Waals surface area (Å²) in [7, 11) is 1.59. The van der Waals surface area contributed by atoms with E-state index in [2.05, 4.69) is 22.6 Å². The quantitative estimate of drug-likeness (QED) is 0.580. The van der Waals surface area contributed by atoms with Crippen molar-refractivity contribution < 1.29 is 14.6 Å². The lowest BCUT2D eigenvalue weighted by Gasteiger charge is -2.09. The number of hydrogen-bond acceptors (Lipinski definition) is 3. The van der Waals surface area contributed by atoms with Gasteiger partial charge in [-0.05, 0) is 0 Å². The number of rotatable bonds is 2. The van der Waals surface area contributed by atoms with Crippen molar-refractivity contribution in [1.82, 2.24) is 0 Å².